The van der Waals surface area contributed by atoms with Crippen molar-refractivity contribution in [2.75, 3.05) is 19.7 Å². The molecule has 2 aliphatic heterocycles. The molecule has 0 aliphatic carbocycles. The maximum atomic E-state index is 13.5. The molecule has 6 nitrogen and oxygen atoms in total. The highest BCUT2D eigenvalue weighted by molar-refractivity contribution is 6.04. The highest BCUT2D eigenvalue weighted by atomic mass is 19.1. The van der Waals surface area contributed by atoms with Crippen molar-refractivity contribution in [3.63, 3.8) is 0 Å². The van der Waals surface area contributed by atoms with Crippen molar-refractivity contribution in [1.29, 1.82) is 0 Å². The smallest absolute Gasteiger partial charge is 0.327 e. The number of fused-ring (bicyclic) bond motifs is 1. The van der Waals surface area contributed by atoms with Crippen LogP contribution in [-0.2, 0) is 16.1 Å². The maximum absolute atomic E-state index is 13.5. The Morgan fingerprint density at radius 3 is 2.83 bits per heavy atom. The van der Waals surface area contributed by atoms with Crippen LogP contribution in [0.4, 0.5) is 9.18 Å². The van der Waals surface area contributed by atoms with Crippen LogP contribution >= 0.6 is 0 Å². The number of β-amino-alcohol motifs (C(OH)–C–C–N with tert-alkyl or cyclic N) is 1. The molecule has 2 heterocycles. The van der Waals surface area contributed by atoms with Crippen LogP contribution in [-0.4, -0.2) is 58.7 Å². The fraction of sp³-hybridized carbons (Fsp3) is 0.529. The van der Waals surface area contributed by atoms with Crippen molar-refractivity contribution in [2.24, 2.45) is 0 Å². The van der Waals surface area contributed by atoms with E-state index in [1.54, 1.807) is 23.1 Å². The van der Waals surface area contributed by atoms with E-state index in [-0.39, 0.29) is 43.6 Å². The average Bonchev–Trinajstić information content (AvgIpc) is 2.82. The highest BCUT2D eigenvalue weighted by Gasteiger charge is 2.46. The minimum Gasteiger partial charge on any atom is -0.389 e. The van der Waals surface area contributed by atoms with Gasteiger partial charge in [-0.2, -0.15) is 0 Å². The third-order valence-corrected chi connectivity index (χ3v) is 4.45. The lowest BCUT2D eigenvalue weighted by Crippen LogP contribution is -2.40. The number of benzene rings is 1. The van der Waals surface area contributed by atoms with Crippen molar-refractivity contribution in [1.82, 2.24) is 9.80 Å². The number of imide groups is 1. The van der Waals surface area contributed by atoms with Crippen LogP contribution in [0.2, 0.25) is 0 Å². The Morgan fingerprint density at radius 1 is 1.29 bits per heavy atom. The molecular formula is C17H21FN2O4. The largest absolute Gasteiger partial charge is 0.389 e. The molecule has 1 aromatic rings. The molecule has 130 valence electrons. The van der Waals surface area contributed by atoms with E-state index >= 15 is 0 Å². The van der Waals surface area contributed by atoms with Gasteiger partial charge in [-0.25, -0.2) is 9.18 Å². The number of aliphatic hydroxyl groups is 1. The van der Waals surface area contributed by atoms with Gasteiger partial charge >= 0.3 is 6.03 Å². The molecule has 1 aromatic carbocycles. The van der Waals surface area contributed by atoms with E-state index in [2.05, 4.69) is 0 Å². The molecule has 0 radical (unpaired) electrons. The van der Waals surface area contributed by atoms with Gasteiger partial charge in [-0.1, -0.05) is 18.2 Å². The summed E-state index contributed by atoms with van der Waals surface area (Å²) >= 11 is 0. The maximum Gasteiger partial charge on any atom is 0.327 e. The summed E-state index contributed by atoms with van der Waals surface area (Å²) in [5, 5.41) is 10.0. The van der Waals surface area contributed by atoms with Crippen LogP contribution < -0.4 is 0 Å². The molecule has 2 atom stereocenters. The number of rotatable bonds is 6. The van der Waals surface area contributed by atoms with E-state index in [0.29, 0.717) is 18.5 Å². The molecule has 24 heavy (non-hydrogen) atoms. The average molecular weight is 336 g/mol. The number of carbonyl (C=O) groups is 2. The van der Waals surface area contributed by atoms with Gasteiger partial charge in [0, 0.05) is 12.1 Å². The molecule has 0 aromatic heterocycles. The van der Waals surface area contributed by atoms with E-state index < -0.39 is 6.10 Å². The number of piperidine rings is 1. The Kier molecular flexibility index (Phi) is 5.11. The first-order chi connectivity index (χ1) is 11.6. The van der Waals surface area contributed by atoms with Crippen LogP contribution in [0.15, 0.2) is 24.3 Å². The first-order valence-electron chi connectivity index (χ1n) is 8.19. The minimum absolute atomic E-state index is 0.0282. The molecule has 0 spiro atoms. The van der Waals surface area contributed by atoms with Gasteiger partial charge in [-0.15, -0.1) is 0 Å². The number of urea groups is 1. The van der Waals surface area contributed by atoms with Crippen LogP contribution in [0.5, 0.6) is 0 Å². The molecule has 7 heteroatoms. The lowest BCUT2D eigenvalue weighted by atomic mass is 10.0. The molecular weight excluding hydrogens is 315 g/mol. The van der Waals surface area contributed by atoms with Crippen molar-refractivity contribution >= 4 is 11.9 Å². The summed E-state index contributed by atoms with van der Waals surface area (Å²) in [6.07, 6.45) is 1.52. The molecule has 0 saturated carbocycles. The second kappa shape index (κ2) is 7.27. The summed E-state index contributed by atoms with van der Waals surface area (Å²) in [6, 6.07) is 5.53. The van der Waals surface area contributed by atoms with Crippen LogP contribution in [0.1, 0.15) is 24.8 Å². The Hall–Kier alpha value is -1.99. The molecule has 3 rings (SSSR count). The van der Waals surface area contributed by atoms with Gasteiger partial charge in [0.25, 0.3) is 5.91 Å². The Labute approximate surface area is 139 Å². The summed E-state index contributed by atoms with van der Waals surface area (Å²) in [4.78, 5) is 27.2. The number of amides is 3. The van der Waals surface area contributed by atoms with Gasteiger partial charge in [0.05, 0.1) is 25.9 Å². The van der Waals surface area contributed by atoms with Gasteiger partial charge in [-0.05, 0) is 25.3 Å². The van der Waals surface area contributed by atoms with Gasteiger partial charge in [0.2, 0.25) is 0 Å². The fourth-order valence-corrected chi connectivity index (χ4v) is 3.20. The topological polar surface area (TPSA) is 70.1 Å². The zero-order chi connectivity index (χ0) is 17.1. The third-order valence-electron chi connectivity index (χ3n) is 4.45. The Balaban J connectivity index is 1.50. The predicted molar refractivity (Wildman–Crippen MR) is 83.5 cm³/mol. The molecule has 3 amide bonds. The van der Waals surface area contributed by atoms with Crippen LogP contribution in [0.25, 0.3) is 0 Å². The van der Waals surface area contributed by atoms with E-state index in [4.69, 9.17) is 4.74 Å². The fourth-order valence-electron chi connectivity index (χ4n) is 3.20. The number of halogens is 1. The number of carbonyl (C=O) groups excluding carboxylic acids is 2. The van der Waals surface area contributed by atoms with Gasteiger partial charge in [0.15, 0.2) is 0 Å². The first-order valence-corrected chi connectivity index (χ1v) is 8.19. The molecule has 2 fully saturated rings. The molecule has 0 bridgehead atoms. The summed E-state index contributed by atoms with van der Waals surface area (Å²) < 4.78 is 18.8. The lowest BCUT2D eigenvalue weighted by Gasteiger charge is -2.26. The number of nitrogens with zero attached hydrogens (tertiary/aromatic N) is 2. The number of hydrogen-bond donors (Lipinski definition) is 1. The molecule has 1 N–H and O–H groups in total. The molecule has 2 saturated heterocycles. The number of hydrogen-bond acceptors (Lipinski definition) is 4. The Morgan fingerprint density at radius 2 is 2.08 bits per heavy atom. The second-order valence-electron chi connectivity index (χ2n) is 6.20. The lowest BCUT2D eigenvalue weighted by molar-refractivity contribution is -0.130. The quantitative estimate of drug-likeness (QED) is 0.800. The van der Waals surface area contributed by atoms with Gasteiger partial charge in [-0.3, -0.25) is 9.69 Å². The molecule has 0 unspecified atom stereocenters. The van der Waals surface area contributed by atoms with E-state index in [1.165, 1.54) is 6.07 Å². The highest BCUT2D eigenvalue weighted by Crippen LogP contribution is 2.26. The van der Waals surface area contributed by atoms with Crippen molar-refractivity contribution in [3.05, 3.63) is 35.6 Å². The van der Waals surface area contributed by atoms with Gasteiger partial charge in [0.1, 0.15) is 11.9 Å². The summed E-state index contributed by atoms with van der Waals surface area (Å²) in [5.74, 6) is -0.610. The number of aliphatic hydroxyl groups excluding tert-OH is 1. The van der Waals surface area contributed by atoms with Crippen LogP contribution in [0.3, 0.4) is 0 Å². The third kappa shape index (κ3) is 3.42. The minimum atomic E-state index is -0.994. The van der Waals surface area contributed by atoms with Crippen molar-refractivity contribution < 1.29 is 23.8 Å². The van der Waals surface area contributed by atoms with E-state index in [0.717, 1.165) is 17.7 Å². The summed E-state index contributed by atoms with van der Waals surface area (Å²) in [5.41, 5.74) is 0.398. The van der Waals surface area contributed by atoms with Crippen molar-refractivity contribution in [3.8, 4) is 0 Å². The second-order valence-corrected chi connectivity index (χ2v) is 6.20. The SMILES string of the molecule is O=C1[C@@H]2CCCCN2C(=O)N1C[C@@H](O)COCc1ccccc1F. The monoisotopic (exact) mass is 336 g/mol. The van der Waals surface area contributed by atoms with Crippen molar-refractivity contribution in [2.45, 2.75) is 38.0 Å². The van der Waals surface area contributed by atoms with Gasteiger partial charge < -0.3 is 14.7 Å². The van der Waals surface area contributed by atoms with E-state index in [1.807, 2.05) is 0 Å². The van der Waals surface area contributed by atoms with Crippen LogP contribution in [0, 0.1) is 5.82 Å². The Bertz CT molecular complexity index is 600. The normalized spacial score (nSPS) is 22.0. The summed E-state index contributed by atoms with van der Waals surface area (Å²) in [6.45, 7) is 0.448. The standard InChI is InChI=1S/C17H21FN2O4/c18-14-6-2-1-5-12(14)10-24-11-13(21)9-20-16(22)15-7-3-4-8-19(15)17(20)23/h1-2,5-6,13,15,21H,3-4,7-11H2/t13-,15+/m1/s1. The molecule has 2 aliphatic rings. The first kappa shape index (κ1) is 16.9. The zero-order valence-corrected chi connectivity index (χ0v) is 13.4. The number of ether oxygens (including phenoxy) is 1. The van der Waals surface area contributed by atoms with E-state index in [9.17, 15) is 19.1 Å². The zero-order valence-electron chi connectivity index (χ0n) is 13.4. The summed E-state index contributed by atoms with van der Waals surface area (Å²) in [7, 11) is 0. The predicted octanol–water partition coefficient (Wildman–Crippen LogP) is 1.52.